The van der Waals surface area contributed by atoms with E-state index >= 15 is 0 Å². The molecule has 1 amide bonds. The summed E-state index contributed by atoms with van der Waals surface area (Å²) in [4.78, 5) is 17.7. The minimum Gasteiger partial charge on any atom is -0.350 e. The number of rotatable bonds is 2. The van der Waals surface area contributed by atoms with Gasteiger partial charge in [-0.25, -0.2) is 4.39 Å². The molecule has 0 unspecified atom stereocenters. The summed E-state index contributed by atoms with van der Waals surface area (Å²) in [7, 11) is 1.85. The van der Waals surface area contributed by atoms with Gasteiger partial charge in [-0.1, -0.05) is 6.92 Å². The lowest BCUT2D eigenvalue weighted by atomic mass is 9.93. The van der Waals surface area contributed by atoms with E-state index in [2.05, 4.69) is 17.2 Å². The molecule has 2 aromatic rings. The summed E-state index contributed by atoms with van der Waals surface area (Å²) in [6.07, 6.45) is 1.07. The van der Waals surface area contributed by atoms with E-state index in [1.807, 2.05) is 13.1 Å². The van der Waals surface area contributed by atoms with Crippen molar-refractivity contribution in [3.8, 4) is 0 Å². The molecule has 1 saturated heterocycles. The van der Waals surface area contributed by atoms with E-state index in [4.69, 9.17) is 0 Å². The Balaban J connectivity index is 1.93. The van der Waals surface area contributed by atoms with E-state index in [9.17, 15) is 9.18 Å². The number of fused-ring (bicyclic) bond motifs is 1. The fourth-order valence-electron chi connectivity index (χ4n) is 3.54. The Morgan fingerprint density at radius 1 is 1.35 bits per heavy atom. The van der Waals surface area contributed by atoms with E-state index in [0.29, 0.717) is 28.3 Å². The molecule has 0 aliphatic carbocycles. The summed E-state index contributed by atoms with van der Waals surface area (Å²) < 4.78 is 14.0. The van der Waals surface area contributed by atoms with E-state index in [1.165, 1.54) is 0 Å². The molecule has 1 fully saturated rings. The number of amides is 1. The van der Waals surface area contributed by atoms with Crippen LogP contribution in [0.5, 0.6) is 0 Å². The van der Waals surface area contributed by atoms with Crippen LogP contribution in [-0.4, -0.2) is 42.0 Å². The molecular weight excluding hydrogens is 293 g/mol. The Labute approximate surface area is 136 Å². The molecule has 5 heteroatoms. The normalized spacial score (nSPS) is 21.6. The number of hydrogen-bond acceptors (Lipinski definition) is 2. The zero-order valence-electron chi connectivity index (χ0n) is 14.2. The van der Waals surface area contributed by atoms with Gasteiger partial charge in [0.25, 0.3) is 5.91 Å². The number of aromatic nitrogens is 1. The lowest BCUT2D eigenvalue weighted by Gasteiger charge is -2.36. The zero-order chi connectivity index (χ0) is 16.7. The van der Waals surface area contributed by atoms with Gasteiger partial charge in [-0.05, 0) is 50.4 Å². The minimum atomic E-state index is -0.211. The second-order valence-electron chi connectivity index (χ2n) is 6.73. The number of nitrogens with zero attached hydrogens (tertiary/aromatic N) is 1. The molecule has 4 nitrogen and oxygen atoms in total. The van der Waals surface area contributed by atoms with Crippen LogP contribution in [0.15, 0.2) is 12.1 Å². The van der Waals surface area contributed by atoms with Crippen molar-refractivity contribution in [2.45, 2.75) is 33.2 Å². The van der Waals surface area contributed by atoms with E-state index in [0.717, 1.165) is 24.9 Å². The second kappa shape index (κ2) is 5.96. The van der Waals surface area contributed by atoms with Crippen LogP contribution in [0.2, 0.25) is 0 Å². The first-order valence-corrected chi connectivity index (χ1v) is 8.16. The van der Waals surface area contributed by atoms with Gasteiger partial charge in [0, 0.05) is 30.6 Å². The van der Waals surface area contributed by atoms with Crippen LogP contribution in [0.25, 0.3) is 10.9 Å². The van der Waals surface area contributed by atoms with Gasteiger partial charge in [0.05, 0.1) is 5.52 Å². The first kappa shape index (κ1) is 16.0. The summed E-state index contributed by atoms with van der Waals surface area (Å²) in [6, 6.07) is 3.80. The van der Waals surface area contributed by atoms with Gasteiger partial charge < -0.3 is 15.2 Å². The molecular formula is C18H24FN3O. The minimum absolute atomic E-state index is 0.0424. The Morgan fingerprint density at radius 3 is 2.78 bits per heavy atom. The monoisotopic (exact) mass is 317 g/mol. The van der Waals surface area contributed by atoms with Crippen molar-refractivity contribution in [1.82, 2.24) is 15.2 Å². The van der Waals surface area contributed by atoms with Gasteiger partial charge in [0.15, 0.2) is 0 Å². The molecule has 1 aromatic heterocycles. The first-order valence-electron chi connectivity index (χ1n) is 8.16. The number of piperidine rings is 1. The largest absolute Gasteiger partial charge is 0.350 e. The van der Waals surface area contributed by atoms with Gasteiger partial charge in [-0.2, -0.15) is 0 Å². The number of hydrogen-bond donors (Lipinski definition) is 2. The Hall–Kier alpha value is -1.88. The molecule has 2 N–H and O–H groups in total. The average Bonchev–Trinajstić information content (AvgIpc) is 2.96. The number of carbonyl (C=O) groups is 1. The first-order chi connectivity index (χ1) is 10.9. The fraction of sp³-hybridized carbons (Fsp3) is 0.500. The topological polar surface area (TPSA) is 48.1 Å². The third-order valence-electron chi connectivity index (χ3n) is 5.11. The van der Waals surface area contributed by atoms with Crippen LogP contribution >= 0.6 is 0 Å². The molecule has 1 aliphatic rings. The molecule has 2 heterocycles. The van der Waals surface area contributed by atoms with E-state index < -0.39 is 0 Å². The maximum Gasteiger partial charge on any atom is 0.270 e. The lowest BCUT2D eigenvalue weighted by molar-refractivity contribution is 0.0644. The SMILES string of the molecule is Cc1cc2cc(C(=O)N(C)[C@H]3CNCC[C@@H]3C)[nH]c2c(C)c1F. The quantitative estimate of drug-likeness (QED) is 0.894. The molecule has 124 valence electrons. The Kier molecular flexibility index (Phi) is 4.15. The molecule has 2 atom stereocenters. The molecule has 1 aromatic carbocycles. The maximum absolute atomic E-state index is 14.0. The number of benzene rings is 1. The van der Waals surface area contributed by atoms with Gasteiger partial charge >= 0.3 is 0 Å². The van der Waals surface area contributed by atoms with Crippen molar-refractivity contribution in [2.24, 2.45) is 5.92 Å². The van der Waals surface area contributed by atoms with Crippen LogP contribution in [0.4, 0.5) is 4.39 Å². The molecule has 0 radical (unpaired) electrons. The van der Waals surface area contributed by atoms with Crippen molar-refractivity contribution >= 4 is 16.8 Å². The van der Waals surface area contributed by atoms with Gasteiger partial charge in [0.2, 0.25) is 0 Å². The predicted molar refractivity (Wildman–Crippen MR) is 90.3 cm³/mol. The van der Waals surface area contributed by atoms with Crippen molar-refractivity contribution in [2.75, 3.05) is 20.1 Å². The highest BCUT2D eigenvalue weighted by molar-refractivity contribution is 5.99. The molecule has 23 heavy (non-hydrogen) atoms. The lowest BCUT2D eigenvalue weighted by Crippen LogP contribution is -2.51. The predicted octanol–water partition coefficient (Wildman–Crippen LogP) is 2.99. The number of nitrogens with one attached hydrogen (secondary N) is 2. The Bertz CT molecular complexity index is 752. The molecule has 0 bridgehead atoms. The van der Waals surface area contributed by atoms with Crippen molar-refractivity contribution < 1.29 is 9.18 Å². The highest BCUT2D eigenvalue weighted by Gasteiger charge is 2.29. The standard InChI is InChI=1S/C18H24FN3O/c1-10-5-6-20-9-15(10)22(4)18(23)14-8-13-7-11(2)16(19)12(3)17(13)21-14/h7-8,10,15,20-21H,5-6,9H2,1-4H3/t10-,15-/m0/s1. The maximum atomic E-state index is 14.0. The van der Waals surface area contributed by atoms with Crippen molar-refractivity contribution in [3.05, 3.63) is 34.8 Å². The highest BCUT2D eigenvalue weighted by Crippen LogP contribution is 2.26. The van der Waals surface area contributed by atoms with E-state index in [1.54, 1.807) is 24.8 Å². The summed E-state index contributed by atoms with van der Waals surface area (Å²) in [5, 5.41) is 4.23. The molecule has 1 aliphatic heterocycles. The number of aromatic amines is 1. The number of H-pyrrole nitrogens is 1. The molecule has 3 rings (SSSR count). The summed E-state index contributed by atoms with van der Waals surface area (Å²) >= 11 is 0. The third kappa shape index (κ3) is 2.74. The summed E-state index contributed by atoms with van der Waals surface area (Å²) in [5.41, 5.74) is 2.40. The summed E-state index contributed by atoms with van der Waals surface area (Å²) in [5.74, 6) is 0.215. The van der Waals surface area contributed by atoms with Crippen LogP contribution in [-0.2, 0) is 0 Å². The van der Waals surface area contributed by atoms with Crippen molar-refractivity contribution in [3.63, 3.8) is 0 Å². The van der Waals surface area contributed by atoms with Crippen LogP contribution in [0.3, 0.4) is 0 Å². The van der Waals surface area contributed by atoms with E-state index in [-0.39, 0.29) is 17.8 Å². The number of carbonyl (C=O) groups excluding carboxylic acids is 1. The van der Waals surface area contributed by atoms with Gasteiger partial charge in [-0.15, -0.1) is 0 Å². The van der Waals surface area contributed by atoms with Crippen LogP contribution < -0.4 is 5.32 Å². The second-order valence-corrected chi connectivity index (χ2v) is 6.73. The molecule has 0 saturated carbocycles. The van der Waals surface area contributed by atoms with Gasteiger partial charge in [0.1, 0.15) is 11.5 Å². The number of likely N-dealkylation sites (N-methyl/N-ethyl adjacent to an activating group) is 1. The number of halogens is 1. The van der Waals surface area contributed by atoms with Crippen molar-refractivity contribution in [1.29, 1.82) is 0 Å². The van der Waals surface area contributed by atoms with Gasteiger partial charge in [-0.3, -0.25) is 4.79 Å². The zero-order valence-corrected chi connectivity index (χ0v) is 14.2. The average molecular weight is 317 g/mol. The molecule has 0 spiro atoms. The summed E-state index contributed by atoms with van der Waals surface area (Å²) in [6.45, 7) is 7.49. The third-order valence-corrected chi connectivity index (χ3v) is 5.11. The van der Waals surface area contributed by atoms with Crippen LogP contribution in [0, 0.1) is 25.6 Å². The highest BCUT2D eigenvalue weighted by atomic mass is 19.1. The Morgan fingerprint density at radius 2 is 2.09 bits per heavy atom. The van der Waals surface area contributed by atoms with Crippen LogP contribution in [0.1, 0.15) is 35.0 Å². The fourth-order valence-corrected chi connectivity index (χ4v) is 3.54. The smallest absolute Gasteiger partial charge is 0.270 e. The number of aryl methyl sites for hydroxylation is 2.